The predicted octanol–water partition coefficient (Wildman–Crippen LogP) is 2.30. The molecular weight excluding hydrogens is 432 g/mol. The second-order valence-electron chi connectivity index (χ2n) is 7.01. The lowest BCUT2D eigenvalue weighted by atomic mass is 10.2. The molecule has 0 aliphatic heterocycles. The Hall–Kier alpha value is -3.60. The fourth-order valence-corrected chi connectivity index (χ4v) is 3.51. The third-order valence-corrected chi connectivity index (χ3v) is 5.54. The van der Waals surface area contributed by atoms with E-state index in [4.69, 9.17) is 9.47 Å². The number of aromatic nitrogens is 4. The second-order valence-corrected chi connectivity index (χ2v) is 8.01. The van der Waals surface area contributed by atoms with Crippen LogP contribution in [-0.2, 0) is 4.79 Å². The van der Waals surface area contributed by atoms with E-state index in [1.54, 1.807) is 43.6 Å². The Balaban J connectivity index is 1.35. The molecule has 32 heavy (non-hydrogen) atoms. The number of benzene rings is 1. The van der Waals surface area contributed by atoms with E-state index < -0.39 is 0 Å². The molecule has 0 unspecified atom stereocenters. The highest BCUT2D eigenvalue weighted by molar-refractivity contribution is 7.99. The first-order chi connectivity index (χ1) is 15.6. The first-order valence-corrected chi connectivity index (χ1v) is 10.9. The summed E-state index contributed by atoms with van der Waals surface area (Å²) in [6.07, 6.45) is 5.09. The summed E-state index contributed by atoms with van der Waals surface area (Å²) in [6.45, 7) is 0. The van der Waals surface area contributed by atoms with E-state index in [2.05, 4.69) is 25.7 Å². The minimum absolute atomic E-state index is 0.152. The number of rotatable bonds is 9. The molecule has 2 aromatic heterocycles. The van der Waals surface area contributed by atoms with Crippen LogP contribution in [0.3, 0.4) is 0 Å². The summed E-state index contributed by atoms with van der Waals surface area (Å²) < 4.78 is 12.0. The van der Waals surface area contributed by atoms with Crippen LogP contribution in [0.5, 0.6) is 11.5 Å². The highest BCUT2D eigenvalue weighted by Crippen LogP contribution is 2.30. The average molecular weight is 455 g/mol. The molecule has 2 amide bonds. The molecule has 166 valence electrons. The van der Waals surface area contributed by atoms with E-state index in [1.165, 1.54) is 29.9 Å². The van der Waals surface area contributed by atoms with Gasteiger partial charge >= 0.3 is 0 Å². The van der Waals surface area contributed by atoms with Crippen LogP contribution in [0.25, 0.3) is 5.82 Å². The monoisotopic (exact) mass is 454 g/mol. The molecule has 2 N–H and O–H groups in total. The average Bonchev–Trinajstić information content (AvgIpc) is 3.48. The lowest BCUT2D eigenvalue weighted by Gasteiger charge is -2.10. The largest absolute Gasteiger partial charge is 0.493 e. The molecule has 2 heterocycles. The molecule has 0 atom stereocenters. The lowest BCUT2D eigenvalue weighted by molar-refractivity contribution is -0.113. The third-order valence-electron chi connectivity index (χ3n) is 4.62. The molecule has 3 aromatic rings. The summed E-state index contributed by atoms with van der Waals surface area (Å²) >= 11 is 1.26. The van der Waals surface area contributed by atoms with Gasteiger partial charge in [-0.2, -0.15) is 5.10 Å². The van der Waals surface area contributed by atoms with Crippen molar-refractivity contribution in [3.63, 3.8) is 0 Å². The van der Waals surface area contributed by atoms with Crippen LogP contribution in [-0.4, -0.2) is 57.6 Å². The normalized spacial score (nSPS) is 12.8. The minimum Gasteiger partial charge on any atom is -0.493 e. The predicted molar refractivity (Wildman–Crippen MR) is 119 cm³/mol. The molecule has 10 nitrogen and oxygen atoms in total. The van der Waals surface area contributed by atoms with Crippen molar-refractivity contribution < 1.29 is 19.1 Å². The topological polar surface area (TPSA) is 120 Å². The quantitative estimate of drug-likeness (QED) is 0.373. The van der Waals surface area contributed by atoms with Gasteiger partial charge in [0.25, 0.3) is 5.91 Å². The van der Waals surface area contributed by atoms with Gasteiger partial charge in [0.1, 0.15) is 11.4 Å². The zero-order valence-electron chi connectivity index (χ0n) is 17.6. The Kier molecular flexibility index (Phi) is 6.55. The van der Waals surface area contributed by atoms with Gasteiger partial charge in [-0.25, -0.2) is 14.6 Å². The summed E-state index contributed by atoms with van der Waals surface area (Å²) in [6, 6.07) is 8.77. The van der Waals surface area contributed by atoms with Gasteiger partial charge in [0.15, 0.2) is 23.0 Å². The first kappa shape index (κ1) is 21.6. The van der Waals surface area contributed by atoms with Crippen molar-refractivity contribution in [1.29, 1.82) is 0 Å². The summed E-state index contributed by atoms with van der Waals surface area (Å²) in [4.78, 5) is 32.9. The maximum atomic E-state index is 12.4. The van der Waals surface area contributed by atoms with Crippen LogP contribution >= 0.6 is 11.8 Å². The van der Waals surface area contributed by atoms with E-state index in [0.717, 1.165) is 12.8 Å². The molecule has 0 radical (unpaired) electrons. The van der Waals surface area contributed by atoms with Crippen molar-refractivity contribution in [3.8, 4) is 17.3 Å². The standard InChI is InChI=1S/C21H22N6O4S/c1-30-16-6-5-14(9-17(16)31-2)24-19(28)11-32-20-10-18(22-12-23-20)27-8-7-15(26-27)21(29)25-13-3-4-13/h5-10,12-13H,3-4,11H2,1-2H3,(H,24,28)(H,25,29). The van der Waals surface area contributed by atoms with Crippen LogP contribution in [0.15, 0.2) is 47.9 Å². The smallest absolute Gasteiger partial charge is 0.272 e. The summed E-state index contributed by atoms with van der Waals surface area (Å²) in [7, 11) is 3.09. The lowest BCUT2D eigenvalue weighted by Crippen LogP contribution is -2.25. The number of nitrogens with one attached hydrogen (secondary N) is 2. The Labute approximate surface area is 188 Å². The molecule has 1 saturated carbocycles. The molecule has 1 aliphatic carbocycles. The van der Waals surface area contributed by atoms with Gasteiger partial charge < -0.3 is 20.1 Å². The van der Waals surface area contributed by atoms with Crippen molar-refractivity contribution in [2.24, 2.45) is 0 Å². The number of methoxy groups -OCH3 is 2. The van der Waals surface area contributed by atoms with Crippen LogP contribution in [0.2, 0.25) is 0 Å². The fraction of sp³-hybridized carbons (Fsp3) is 0.286. The fourth-order valence-electron chi connectivity index (χ4n) is 2.84. The number of hydrogen-bond acceptors (Lipinski definition) is 8. The van der Waals surface area contributed by atoms with Crippen molar-refractivity contribution in [3.05, 3.63) is 48.5 Å². The minimum atomic E-state index is -0.194. The summed E-state index contributed by atoms with van der Waals surface area (Å²) in [5, 5.41) is 10.6. The zero-order chi connectivity index (χ0) is 22.5. The Morgan fingerprint density at radius 1 is 1.12 bits per heavy atom. The highest BCUT2D eigenvalue weighted by atomic mass is 32.2. The molecule has 1 aromatic carbocycles. The number of anilines is 1. The van der Waals surface area contributed by atoms with Crippen molar-refractivity contribution in [1.82, 2.24) is 25.1 Å². The van der Waals surface area contributed by atoms with Gasteiger partial charge in [-0.15, -0.1) is 0 Å². The number of ether oxygens (including phenoxy) is 2. The Morgan fingerprint density at radius 2 is 1.94 bits per heavy atom. The van der Waals surface area contributed by atoms with E-state index in [0.29, 0.717) is 33.7 Å². The molecule has 1 fully saturated rings. The molecule has 0 bridgehead atoms. The van der Waals surface area contributed by atoms with Crippen LogP contribution < -0.4 is 20.1 Å². The molecule has 0 saturated heterocycles. The number of carbonyl (C=O) groups is 2. The Morgan fingerprint density at radius 3 is 2.69 bits per heavy atom. The molecule has 11 heteroatoms. The number of thioether (sulfide) groups is 1. The highest BCUT2D eigenvalue weighted by Gasteiger charge is 2.24. The van der Waals surface area contributed by atoms with E-state index in [9.17, 15) is 9.59 Å². The van der Waals surface area contributed by atoms with E-state index in [1.807, 2.05) is 0 Å². The van der Waals surface area contributed by atoms with Gasteiger partial charge in [-0.3, -0.25) is 9.59 Å². The van der Waals surface area contributed by atoms with Crippen LogP contribution in [0.4, 0.5) is 5.69 Å². The van der Waals surface area contributed by atoms with Gasteiger partial charge in [0.2, 0.25) is 5.91 Å². The van der Waals surface area contributed by atoms with Crippen molar-refractivity contribution >= 4 is 29.3 Å². The van der Waals surface area contributed by atoms with Gasteiger partial charge in [0.05, 0.1) is 20.0 Å². The third kappa shape index (κ3) is 5.35. The SMILES string of the molecule is COc1ccc(NC(=O)CSc2cc(-n3ccc(C(=O)NC4CC4)n3)ncn2)cc1OC. The van der Waals surface area contributed by atoms with Crippen molar-refractivity contribution in [2.75, 3.05) is 25.3 Å². The zero-order valence-corrected chi connectivity index (χ0v) is 18.4. The number of nitrogens with zero attached hydrogens (tertiary/aromatic N) is 4. The number of hydrogen-bond donors (Lipinski definition) is 2. The van der Waals surface area contributed by atoms with Gasteiger partial charge in [0, 0.05) is 30.1 Å². The molecule has 0 spiro atoms. The summed E-state index contributed by atoms with van der Waals surface area (Å²) in [5.41, 5.74) is 0.934. The Bertz CT molecular complexity index is 1130. The number of amides is 2. The maximum absolute atomic E-state index is 12.4. The first-order valence-electron chi connectivity index (χ1n) is 9.89. The molecule has 4 rings (SSSR count). The molecule has 1 aliphatic rings. The van der Waals surface area contributed by atoms with E-state index in [-0.39, 0.29) is 23.6 Å². The second kappa shape index (κ2) is 9.69. The summed E-state index contributed by atoms with van der Waals surface area (Å²) in [5.74, 6) is 1.39. The maximum Gasteiger partial charge on any atom is 0.272 e. The van der Waals surface area contributed by atoms with Crippen LogP contribution in [0.1, 0.15) is 23.3 Å². The number of carbonyl (C=O) groups excluding carboxylic acids is 2. The van der Waals surface area contributed by atoms with Crippen LogP contribution in [0, 0.1) is 0 Å². The van der Waals surface area contributed by atoms with E-state index >= 15 is 0 Å². The van der Waals surface area contributed by atoms with Gasteiger partial charge in [-0.1, -0.05) is 11.8 Å². The van der Waals surface area contributed by atoms with Gasteiger partial charge in [-0.05, 0) is 31.0 Å². The molecular formula is C21H22N6O4S. The van der Waals surface area contributed by atoms with Crippen molar-refractivity contribution in [2.45, 2.75) is 23.9 Å².